The number of anilines is 1. The van der Waals surface area contributed by atoms with E-state index in [1.807, 2.05) is 6.20 Å². The first-order valence-corrected chi connectivity index (χ1v) is 11.4. The van der Waals surface area contributed by atoms with E-state index in [-0.39, 0.29) is 30.1 Å². The molecule has 6 nitrogen and oxygen atoms in total. The Morgan fingerprint density at radius 3 is 2.53 bits per heavy atom. The standard InChI is InChI=1S/C25H37N5O.HI/c1-19(2)23-10-7-21(8-11-23)6-5-13-27-25(26-4)29-17-22-9-12-24(28-16-22)30-14-15-31-20(3)18-30;/h7-12,16,19-20H,5-6,13-15,17-18H2,1-4H3,(H2,26,27,29);1H. The van der Waals surface area contributed by atoms with Crippen molar-refractivity contribution in [3.8, 4) is 0 Å². The average molecular weight is 552 g/mol. The largest absolute Gasteiger partial charge is 0.375 e. The quantitative estimate of drug-likeness (QED) is 0.221. The van der Waals surface area contributed by atoms with Crippen molar-refractivity contribution in [3.63, 3.8) is 0 Å². The number of ether oxygens (including phenoxy) is 1. The van der Waals surface area contributed by atoms with Gasteiger partial charge in [0.25, 0.3) is 0 Å². The predicted molar refractivity (Wildman–Crippen MR) is 144 cm³/mol. The van der Waals surface area contributed by atoms with Gasteiger partial charge in [-0.1, -0.05) is 44.2 Å². The molecule has 0 saturated carbocycles. The van der Waals surface area contributed by atoms with Crippen LogP contribution in [0.4, 0.5) is 5.82 Å². The average Bonchev–Trinajstić information content (AvgIpc) is 2.79. The molecule has 176 valence electrons. The summed E-state index contributed by atoms with van der Waals surface area (Å²) in [6.07, 6.45) is 4.33. The first-order chi connectivity index (χ1) is 15.0. The maximum atomic E-state index is 5.61. The Hall–Kier alpha value is -1.87. The number of halogens is 1. The summed E-state index contributed by atoms with van der Waals surface area (Å²) in [7, 11) is 1.81. The lowest BCUT2D eigenvalue weighted by atomic mass is 10.0. The number of hydrogen-bond donors (Lipinski definition) is 2. The minimum atomic E-state index is 0. The molecule has 3 rings (SSSR count). The zero-order valence-corrected chi connectivity index (χ0v) is 22.1. The fraction of sp³-hybridized carbons (Fsp3) is 0.520. The predicted octanol–water partition coefficient (Wildman–Crippen LogP) is 4.35. The van der Waals surface area contributed by atoms with Crippen molar-refractivity contribution in [1.29, 1.82) is 0 Å². The molecule has 1 aromatic carbocycles. The Bertz CT molecular complexity index is 823. The zero-order chi connectivity index (χ0) is 22.1. The van der Waals surface area contributed by atoms with Gasteiger partial charge in [0, 0.05) is 39.4 Å². The summed E-state index contributed by atoms with van der Waals surface area (Å²) in [5, 5.41) is 6.78. The molecule has 32 heavy (non-hydrogen) atoms. The lowest BCUT2D eigenvalue weighted by Gasteiger charge is -2.32. The molecule has 0 amide bonds. The Morgan fingerprint density at radius 1 is 1.16 bits per heavy atom. The molecule has 1 aromatic heterocycles. The topological polar surface area (TPSA) is 61.8 Å². The zero-order valence-electron chi connectivity index (χ0n) is 19.8. The minimum Gasteiger partial charge on any atom is -0.375 e. The Kier molecular flexibility index (Phi) is 11.2. The van der Waals surface area contributed by atoms with Gasteiger partial charge in [0.1, 0.15) is 5.82 Å². The van der Waals surface area contributed by atoms with Crippen molar-refractivity contribution in [2.75, 3.05) is 38.2 Å². The molecule has 0 bridgehead atoms. The van der Waals surface area contributed by atoms with Crippen molar-refractivity contribution in [2.24, 2.45) is 4.99 Å². The van der Waals surface area contributed by atoms with E-state index in [1.54, 1.807) is 7.05 Å². The van der Waals surface area contributed by atoms with Gasteiger partial charge in [-0.3, -0.25) is 4.99 Å². The second-order valence-corrected chi connectivity index (χ2v) is 8.50. The van der Waals surface area contributed by atoms with Crippen LogP contribution >= 0.6 is 24.0 Å². The number of pyridine rings is 1. The van der Waals surface area contributed by atoms with Crippen LogP contribution in [0, 0.1) is 0 Å². The summed E-state index contributed by atoms with van der Waals surface area (Å²) in [6, 6.07) is 13.2. The number of guanidine groups is 1. The molecule has 2 aromatic rings. The number of aliphatic imine (C=N–C) groups is 1. The molecule has 0 spiro atoms. The maximum Gasteiger partial charge on any atom is 0.191 e. The second-order valence-electron chi connectivity index (χ2n) is 8.50. The van der Waals surface area contributed by atoms with E-state index in [2.05, 4.69) is 82.7 Å². The molecule has 0 radical (unpaired) electrons. The summed E-state index contributed by atoms with van der Waals surface area (Å²) in [5.41, 5.74) is 3.92. The van der Waals surface area contributed by atoms with Gasteiger partial charge < -0.3 is 20.3 Å². The smallest absolute Gasteiger partial charge is 0.191 e. The molecule has 1 atom stereocenters. The highest BCUT2D eigenvalue weighted by Crippen LogP contribution is 2.16. The first kappa shape index (κ1) is 26.4. The number of hydrogen-bond acceptors (Lipinski definition) is 4. The highest BCUT2D eigenvalue weighted by Gasteiger charge is 2.17. The first-order valence-electron chi connectivity index (χ1n) is 11.4. The molecular weight excluding hydrogens is 513 g/mol. The molecule has 2 heterocycles. The normalized spacial score (nSPS) is 16.6. The van der Waals surface area contributed by atoms with Crippen LogP contribution < -0.4 is 15.5 Å². The molecule has 1 aliphatic rings. The van der Waals surface area contributed by atoms with Crippen molar-refractivity contribution in [2.45, 2.75) is 52.2 Å². The van der Waals surface area contributed by atoms with Crippen LogP contribution in [-0.2, 0) is 17.7 Å². The fourth-order valence-electron chi connectivity index (χ4n) is 3.71. The van der Waals surface area contributed by atoms with Gasteiger partial charge in [0.05, 0.1) is 12.7 Å². The van der Waals surface area contributed by atoms with E-state index in [0.717, 1.165) is 56.4 Å². The van der Waals surface area contributed by atoms with Crippen LogP contribution in [0.5, 0.6) is 0 Å². The molecule has 1 fully saturated rings. The lowest BCUT2D eigenvalue weighted by Crippen LogP contribution is -2.41. The van der Waals surface area contributed by atoms with Crippen molar-refractivity contribution in [3.05, 3.63) is 59.3 Å². The minimum absolute atomic E-state index is 0. The van der Waals surface area contributed by atoms with Crippen LogP contribution in [0.15, 0.2) is 47.6 Å². The van der Waals surface area contributed by atoms with Gasteiger partial charge >= 0.3 is 0 Å². The van der Waals surface area contributed by atoms with E-state index in [4.69, 9.17) is 4.74 Å². The number of aryl methyl sites for hydroxylation is 1. The Labute approximate surface area is 210 Å². The van der Waals surface area contributed by atoms with E-state index in [0.29, 0.717) is 12.5 Å². The maximum absolute atomic E-state index is 5.61. The second kappa shape index (κ2) is 13.6. The van der Waals surface area contributed by atoms with Crippen LogP contribution in [0.25, 0.3) is 0 Å². The van der Waals surface area contributed by atoms with E-state index in [1.165, 1.54) is 11.1 Å². The third-order valence-corrected chi connectivity index (χ3v) is 5.64. The summed E-state index contributed by atoms with van der Waals surface area (Å²) in [6.45, 7) is 10.7. The SMILES string of the molecule is CN=C(NCCCc1ccc(C(C)C)cc1)NCc1ccc(N2CCOC(C)C2)nc1.I. The summed E-state index contributed by atoms with van der Waals surface area (Å²) >= 11 is 0. The van der Waals surface area contributed by atoms with E-state index >= 15 is 0 Å². The molecule has 1 unspecified atom stereocenters. The van der Waals surface area contributed by atoms with Gasteiger partial charge in [0.2, 0.25) is 0 Å². The molecule has 2 N–H and O–H groups in total. The van der Waals surface area contributed by atoms with E-state index < -0.39 is 0 Å². The number of morpholine rings is 1. The van der Waals surface area contributed by atoms with E-state index in [9.17, 15) is 0 Å². The number of benzene rings is 1. The van der Waals surface area contributed by atoms with Gasteiger partial charge in [-0.25, -0.2) is 4.98 Å². The fourth-order valence-corrected chi connectivity index (χ4v) is 3.71. The number of rotatable bonds is 8. The molecule has 1 saturated heterocycles. The third kappa shape index (κ3) is 8.24. The summed E-state index contributed by atoms with van der Waals surface area (Å²) in [4.78, 5) is 11.2. The van der Waals surface area contributed by atoms with Gasteiger partial charge in [-0.2, -0.15) is 0 Å². The number of aromatic nitrogens is 1. The number of nitrogens with one attached hydrogen (secondary N) is 2. The monoisotopic (exact) mass is 551 g/mol. The van der Waals surface area contributed by atoms with Crippen molar-refractivity contribution < 1.29 is 4.74 Å². The Balaban J connectivity index is 0.00000363. The van der Waals surface area contributed by atoms with Crippen molar-refractivity contribution in [1.82, 2.24) is 15.6 Å². The lowest BCUT2D eigenvalue weighted by molar-refractivity contribution is 0.0529. The van der Waals surface area contributed by atoms with Crippen molar-refractivity contribution >= 4 is 35.8 Å². The summed E-state index contributed by atoms with van der Waals surface area (Å²) in [5.74, 6) is 2.42. The molecule has 7 heteroatoms. The molecular formula is C25H38IN5O. The molecule has 1 aliphatic heterocycles. The highest BCUT2D eigenvalue weighted by molar-refractivity contribution is 14.0. The van der Waals surface area contributed by atoms with Crippen LogP contribution in [-0.4, -0.2) is 50.3 Å². The van der Waals surface area contributed by atoms with Crippen LogP contribution in [0.1, 0.15) is 49.8 Å². The third-order valence-electron chi connectivity index (χ3n) is 5.64. The van der Waals surface area contributed by atoms with Crippen LogP contribution in [0.2, 0.25) is 0 Å². The summed E-state index contributed by atoms with van der Waals surface area (Å²) < 4.78 is 5.61. The molecule has 0 aliphatic carbocycles. The van der Waals surface area contributed by atoms with Gasteiger partial charge in [-0.15, -0.1) is 24.0 Å². The Morgan fingerprint density at radius 2 is 1.91 bits per heavy atom. The van der Waals surface area contributed by atoms with Crippen LogP contribution in [0.3, 0.4) is 0 Å². The van der Waals surface area contributed by atoms with Gasteiger partial charge in [-0.05, 0) is 48.4 Å². The number of nitrogens with zero attached hydrogens (tertiary/aromatic N) is 3. The van der Waals surface area contributed by atoms with Gasteiger partial charge in [0.15, 0.2) is 5.96 Å². The highest BCUT2D eigenvalue weighted by atomic mass is 127.